The van der Waals surface area contributed by atoms with Gasteiger partial charge in [-0.3, -0.25) is 9.59 Å². The minimum Gasteiger partial charge on any atom is -0.466 e. The molecule has 0 aliphatic carbocycles. The van der Waals surface area contributed by atoms with Gasteiger partial charge < -0.3 is 14.2 Å². The maximum Gasteiger partial charge on any atom is 0.348 e. The Hall–Kier alpha value is -2.11. The zero-order chi connectivity index (χ0) is 43.7. The fraction of sp³-hybridized carbons (Fsp3) is 0.870. The number of allylic oxidation sites excluding steroid dienone is 4. The molecule has 0 amide bonds. The Kier molecular flexibility index (Phi) is 47.8. The van der Waals surface area contributed by atoms with E-state index in [1.807, 2.05) is 0 Å². The van der Waals surface area contributed by atoms with Crippen LogP contribution in [0.3, 0.4) is 0 Å². The third kappa shape index (κ3) is 45.4. The van der Waals surface area contributed by atoms with Crippen LogP contribution in [0.1, 0.15) is 284 Å². The van der Waals surface area contributed by atoms with E-state index in [2.05, 4.69) is 45.1 Å². The van der Waals surface area contributed by atoms with Crippen molar-refractivity contribution in [1.29, 1.82) is 0 Å². The van der Waals surface area contributed by atoms with Gasteiger partial charge in [0, 0.05) is 6.42 Å². The van der Waals surface area contributed by atoms with Gasteiger partial charge in [-0.05, 0) is 70.6 Å². The van der Waals surface area contributed by atoms with Crippen LogP contribution in [-0.2, 0) is 28.6 Å². The number of rotatable bonds is 48. The van der Waals surface area contributed by atoms with Crippen LogP contribution in [0.4, 0.5) is 0 Å². The van der Waals surface area contributed by atoms with Gasteiger partial charge in [0.25, 0.3) is 0 Å². The Morgan fingerprint density at radius 1 is 0.350 bits per heavy atom. The largest absolute Gasteiger partial charge is 0.466 e. The smallest absolute Gasteiger partial charge is 0.348 e. The molecule has 0 bridgehead atoms. The second-order valence-corrected chi connectivity index (χ2v) is 17.7. The van der Waals surface area contributed by atoms with Gasteiger partial charge >= 0.3 is 17.9 Å². The number of carbonyl (C=O) groups excluding carboxylic acids is 3. The fourth-order valence-electron chi connectivity index (χ4n) is 7.69. The molecule has 0 aromatic rings. The minimum absolute atomic E-state index is 0.250. The van der Waals surface area contributed by atoms with Gasteiger partial charge in [-0.25, -0.2) is 4.79 Å². The Morgan fingerprint density at radius 2 is 0.650 bits per heavy atom. The monoisotopic (exact) mass is 845 g/mol. The Balaban J connectivity index is 4.35. The first-order valence-corrected chi connectivity index (χ1v) is 26.4. The van der Waals surface area contributed by atoms with Crippen molar-refractivity contribution in [1.82, 2.24) is 0 Å². The van der Waals surface area contributed by atoms with Gasteiger partial charge in [-0.1, -0.05) is 225 Å². The molecular weight excluding hydrogens is 745 g/mol. The molecule has 1 atom stereocenters. The van der Waals surface area contributed by atoms with Crippen LogP contribution in [0.2, 0.25) is 0 Å². The molecule has 0 aromatic heterocycles. The van der Waals surface area contributed by atoms with E-state index in [0.29, 0.717) is 6.61 Å². The molecule has 0 N–H and O–H groups in total. The first kappa shape index (κ1) is 57.9. The summed E-state index contributed by atoms with van der Waals surface area (Å²) < 4.78 is 16.6. The summed E-state index contributed by atoms with van der Waals surface area (Å²) in [4.78, 5) is 38.6. The molecule has 0 aromatic carbocycles. The SMILES string of the molecule is CCCCCCCC/C=C\CCCCCCCCOC(=O)CC(OC(=O)CCCCCCCCCCCCC)C(=O)OCCCCCCCC/C=C\CCCCCCCC. The molecule has 6 heteroatoms. The molecule has 6 nitrogen and oxygen atoms in total. The molecule has 0 radical (unpaired) electrons. The number of ether oxygens (including phenoxy) is 3. The summed E-state index contributed by atoms with van der Waals surface area (Å²) in [6.07, 6.45) is 55.4. The zero-order valence-corrected chi connectivity index (χ0v) is 40.2. The van der Waals surface area contributed by atoms with E-state index in [0.717, 1.165) is 64.2 Å². The van der Waals surface area contributed by atoms with Crippen molar-refractivity contribution in [3.63, 3.8) is 0 Å². The van der Waals surface area contributed by atoms with Crippen molar-refractivity contribution >= 4 is 17.9 Å². The van der Waals surface area contributed by atoms with Crippen molar-refractivity contribution in [2.75, 3.05) is 13.2 Å². The molecule has 0 heterocycles. The summed E-state index contributed by atoms with van der Waals surface area (Å²) in [6, 6.07) is 0. The van der Waals surface area contributed by atoms with E-state index in [-0.39, 0.29) is 19.4 Å². The number of unbranched alkanes of at least 4 members (excludes halogenated alkanes) is 34. The van der Waals surface area contributed by atoms with Crippen LogP contribution in [0.15, 0.2) is 24.3 Å². The summed E-state index contributed by atoms with van der Waals surface area (Å²) in [6.45, 7) is 7.38. The van der Waals surface area contributed by atoms with Crippen molar-refractivity contribution in [3.8, 4) is 0 Å². The van der Waals surface area contributed by atoms with E-state index >= 15 is 0 Å². The first-order valence-electron chi connectivity index (χ1n) is 26.4. The second kappa shape index (κ2) is 49.5. The van der Waals surface area contributed by atoms with Gasteiger partial charge in [0.2, 0.25) is 6.10 Å². The maximum atomic E-state index is 13.0. The van der Waals surface area contributed by atoms with Crippen LogP contribution in [-0.4, -0.2) is 37.2 Å². The lowest BCUT2D eigenvalue weighted by Gasteiger charge is -2.17. The highest BCUT2D eigenvalue weighted by molar-refractivity contribution is 5.84. The Labute approximate surface area is 373 Å². The Morgan fingerprint density at radius 3 is 1.02 bits per heavy atom. The van der Waals surface area contributed by atoms with Gasteiger partial charge in [0.05, 0.1) is 19.6 Å². The van der Waals surface area contributed by atoms with Gasteiger partial charge in [-0.2, -0.15) is 0 Å². The summed E-state index contributed by atoms with van der Waals surface area (Å²) in [5.41, 5.74) is 0. The lowest BCUT2D eigenvalue weighted by Crippen LogP contribution is -2.32. The quantitative estimate of drug-likeness (QED) is 0.0263. The van der Waals surface area contributed by atoms with Crippen LogP contribution >= 0.6 is 0 Å². The first-order chi connectivity index (χ1) is 29.5. The molecule has 352 valence electrons. The van der Waals surface area contributed by atoms with E-state index < -0.39 is 24.0 Å². The van der Waals surface area contributed by atoms with Crippen molar-refractivity contribution in [3.05, 3.63) is 24.3 Å². The van der Waals surface area contributed by atoms with Crippen molar-refractivity contribution in [2.45, 2.75) is 290 Å². The van der Waals surface area contributed by atoms with E-state index in [1.165, 1.54) is 186 Å². The molecule has 0 saturated heterocycles. The van der Waals surface area contributed by atoms with Crippen molar-refractivity contribution < 1.29 is 28.6 Å². The number of carbonyl (C=O) groups is 3. The molecule has 60 heavy (non-hydrogen) atoms. The highest BCUT2D eigenvalue weighted by atomic mass is 16.6. The highest BCUT2D eigenvalue weighted by Gasteiger charge is 2.28. The summed E-state index contributed by atoms with van der Waals surface area (Å²) in [5, 5.41) is 0. The lowest BCUT2D eigenvalue weighted by atomic mass is 10.1. The molecule has 0 aliphatic rings. The zero-order valence-electron chi connectivity index (χ0n) is 40.2. The minimum atomic E-state index is -1.24. The van der Waals surface area contributed by atoms with Crippen molar-refractivity contribution in [2.24, 2.45) is 0 Å². The fourth-order valence-corrected chi connectivity index (χ4v) is 7.69. The summed E-state index contributed by atoms with van der Waals surface area (Å²) >= 11 is 0. The highest BCUT2D eigenvalue weighted by Crippen LogP contribution is 2.16. The molecule has 0 saturated carbocycles. The molecule has 0 aliphatic heterocycles. The van der Waals surface area contributed by atoms with Crippen LogP contribution < -0.4 is 0 Å². The number of hydrogen-bond acceptors (Lipinski definition) is 6. The molecular formula is C54H100O6. The normalized spacial score (nSPS) is 12.1. The average Bonchev–Trinajstić information content (AvgIpc) is 3.24. The van der Waals surface area contributed by atoms with Crippen LogP contribution in [0.5, 0.6) is 0 Å². The van der Waals surface area contributed by atoms with E-state index in [9.17, 15) is 14.4 Å². The standard InChI is InChI=1S/C54H100O6/c1-4-7-10-13-16-19-22-24-26-28-30-33-36-39-42-45-48-58-53(56)50-51(60-52(55)47-44-41-38-35-32-21-18-15-12-9-6-3)54(57)59-49-46-43-40-37-34-31-29-27-25-23-20-17-14-11-8-5-2/h24-27,51H,4-23,28-50H2,1-3H3/b26-24-,27-25-. The molecule has 1 unspecified atom stereocenters. The van der Waals surface area contributed by atoms with Crippen LogP contribution in [0.25, 0.3) is 0 Å². The van der Waals surface area contributed by atoms with Gasteiger partial charge in [0.15, 0.2) is 0 Å². The van der Waals surface area contributed by atoms with Crippen LogP contribution in [0, 0.1) is 0 Å². The number of hydrogen-bond donors (Lipinski definition) is 0. The third-order valence-electron chi connectivity index (χ3n) is 11.7. The molecule has 0 rings (SSSR count). The average molecular weight is 845 g/mol. The molecule has 0 spiro atoms. The number of esters is 3. The lowest BCUT2D eigenvalue weighted by molar-refractivity contribution is -0.172. The predicted molar refractivity (Wildman–Crippen MR) is 256 cm³/mol. The third-order valence-corrected chi connectivity index (χ3v) is 11.7. The summed E-state index contributed by atoms with van der Waals surface area (Å²) in [7, 11) is 0. The topological polar surface area (TPSA) is 78.9 Å². The second-order valence-electron chi connectivity index (χ2n) is 17.7. The summed E-state index contributed by atoms with van der Waals surface area (Å²) in [5.74, 6) is -1.58. The molecule has 0 fully saturated rings. The van der Waals surface area contributed by atoms with Gasteiger partial charge in [-0.15, -0.1) is 0 Å². The maximum absolute atomic E-state index is 13.0. The van der Waals surface area contributed by atoms with E-state index in [4.69, 9.17) is 14.2 Å². The Bertz CT molecular complexity index is 973. The van der Waals surface area contributed by atoms with E-state index in [1.54, 1.807) is 0 Å². The predicted octanol–water partition coefficient (Wildman–Crippen LogP) is 17.2. The van der Waals surface area contributed by atoms with Gasteiger partial charge in [0.1, 0.15) is 0 Å².